The Morgan fingerprint density at radius 3 is 2.71 bits per heavy atom. The van der Waals surface area contributed by atoms with E-state index < -0.39 is 0 Å². The molecule has 0 fully saturated rings. The number of aromatic nitrogens is 1. The number of halogens is 2. The molecule has 152 valence electrons. The SMILES string of the molecule is Cc1cc(Br)c(O)c(C=Nc2ccc3oc(-c4cccc5c(Cl)cccc45)nc3c2)c1. The van der Waals surface area contributed by atoms with Crippen LogP contribution in [-0.2, 0) is 0 Å². The number of benzene rings is 4. The summed E-state index contributed by atoms with van der Waals surface area (Å²) in [7, 11) is 0. The molecule has 4 aromatic carbocycles. The standard InChI is InChI=1S/C25H16BrClN2O2/c1-14-10-15(24(30)20(26)11-14)13-28-16-8-9-23-22(12-16)29-25(31-23)19-6-2-5-18-17(19)4-3-7-21(18)27/h2-13,30H,1H3. The van der Waals surface area contributed by atoms with Crippen molar-refractivity contribution in [2.24, 2.45) is 4.99 Å². The van der Waals surface area contributed by atoms with Crippen LogP contribution in [0.1, 0.15) is 11.1 Å². The molecular formula is C25H16BrClN2O2. The van der Waals surface area contributed by atoms with E-state index in [1.807, 2.05) is 73.7 Å². The molecule has 0 bridgehead atoms. The van der Waals surface area contributed by atoms with Crippen LogP contribution in [0, 0.1) is 6.92 Å². The first-order valence-corrected chi connectivity index (χ1v) is 10.8. The molecule has 0 unspecified atom stereocenters. The van der Waals surface area contributed by atoms with Gasteiger partial charge in [0.05, 0.1) is 10.2 Å². The number of hydrogen-bond donors (Lipinski definition) is 1. The maximum absolute atomic E-state index is 10.2. The van der Waals surface area contributed by atoms with E-state index in [1.165, 1.54) is 0 Å². The van der Waals surface area contributed by atoms with Gasteiger partial charge in [-0.1, -0.05) is 35.9 Å². The third-order valence-corrected chi connectivity index (χ3v) is 5.99. The van der Waals surface area contributed by atoms with Crippen LogP contribution in [-0.4, -0.2) is 16.3 Å². The monoisotopic (exact) mass is 490 g/mol. The lowest BCUT2D eigenvalue weighted by molar-refractivity contribution is 0.471. The van der Waals surface area contributed by atoms with Crippen LogP contribution in [0.2, 0.25) is 5.02 Å². The van der Waals surface area contributed by atoms with Gasteiger partial charge in [-0.05, 0) is 76.3 Å². The van der Waals surface area contributed by atoms with E-state index in [0.29, 0.717) is 37.7 Å². The Labute approximate surface area is 192 Å². The smallest absolute Gasteiger partial charge is 0.227 e. The Bertz CT molecular complexity index is 1490. The molecule has 1 heterocycles. The second kappa shape index (κ2) is 7.84. The number of aryl methyl sites for hydroxylation is 1. The lowest BCUT2D eigenvalue weighted by Gasteiger charge is -2.04. The van der Waals surface area contributed by atoms with Gasteiger partial charge in [0.25, 0.3) is 0 Å². The fourth-order valence-electron chi connectivity index (χ4n) is 3.57. The summed E-state index contributed by atoms with van der Waals surface area (Å²) in [6, 6.07) is 21.0. The van der Waals surface area contributed by atoms with E-state index in [1.54, 1.807) is 6.21 Å². The third-order valence-electron chi connectivity index (χ3n) is 5.06. The van der Waals surface area contributed by atoms with Crippen LogP contribution in [0.3, 0.4) is 0 Å². The van der Waals surface area contributed by atoms with Crippen LogP contribution in [0.25, 0.3) is 33.3 Å². The molecule has 0 radical (unpaired) electrons. The molecule has 31 heavy (non-hydrogen) atoms. The summed E-state index contributed by atoms with van der Waals surface area (Å²) in [6.07, 6.45) is 1.64. The van der Waals surface area contributed by atoms with Crippen LogP contribution in [0.4, 0.5) is 5.69 Å². The third kappa shape index (κ3) is 3.71. The van der Waals surface area contributed by atoms with Gasteiger partial charge in [0.15, 0.2) is 5.58 Å². The zero-order valence-electron chi connectivity index (χ0n) is 16.4. The molecule has 0 saturated carbocycles. The van der Waals surface area contributed by atoms with Gasteiger partial charge in [0.2, 0.25) is 5.89 Å². The molecule has 4 nitrogen and oxygen atoms in total. The number of rotatable bonds is 3. The van der Waals surface area contributed by atoms with Crippen molar-refractivity contribution in [3.63, 3.8) is 0 Å². The predicted molar refractivity (Wildman–Crippen MR) is 130 cm³/mol. The minimum Gasteiger partial charge on any atom is -0.506 e. The molecule has 0 saturated heterocycles. The lowest BCUT2D eigenvalue weighted by atomic mass is 10.0. The van der Waals surface area contributed by atoms with Crippen LogP contribution >= 0.6 is 27.5 Å². The first kappa shape index (κ1) is 19.8. The average Bonchev–Trinajstić information content (AvgIpc) is 3.18. The zero-order valence-corrected chi connectivity index (χ0v) is 18.8. The second-order valence-corrected chi connectivity index (χ2v) is 8.52. The maximum Gasteiger partial charge on any atom is 0.227 e. The highest BCUT2D eigenvalue weighted by molar-refractivity contribution is 9.10. The number of phenolic OH excluding ortho intramolecular Hbond substituents is 1. The zero-order chi connectivity index (χ0) is 21.5. The summed E-state index contributed by atoms with van der Waals surface area (Å²) in [5.74, 6) is 0.693. The van der Waals surface area contributed by atoms with E-state index >= 15 is 0 Å². The molecule has 0 amide bonds. The first-order chi connectivity index (χ1) is 15.0. The molecule has 0 aliphatic rings. The minimum atomic E-state index is 0.161. The van der Waals surface area contributed by atoms with Crippen molar-refractivity contribution < 1.29 is 9.52 Å². The summed E-state index contributed by atoms with van der Waals surface area (Å²) in [4.78, 5) is 9.19. The van der Waals surface area contributed by atoms with Crippen molar-refractivity contribution in [1.82, 2.24) is 4.98 Å². The van der Waals surface area contributed by atoms with E-state index in [0.717, 1.165) is 21.9 Å². The highest BCUT2D eigenvalue weighted by Gasteiger charge is 2.13. The molecule has 6 heteroatoms. The minimum absolute atomic E-state index is 0.161. The van der Waals surface area contributed by atoms with E-state index in [4.69, 9.17) is 16.0 Å². The molecule has 0 aliphatic carbocycles. The van der Waals surface area contributed by atoms with Crippen molar-refractivity contribution in [2.75, 3.05) is 0 Å². The van der Waals surface area contributed by atoms with E-state index in [-0.39, 0.29) is 5.75 Å². The predicted octanol–water partition coefficient (Wildman–Crippen LogP) is 7.83. The summed E-state index contributed by atoms with van der Waals surface area (Å²) in [5.41, 5.74) is 4.65. The second-order valence-electron chi connectivity index (χ2n) is 7.25. The van der Waals surface area contributed by atoms with Gasteiger partial charge >= 0.3 is 0 Å². The van der Waals surface area contributed by atoms with Crippen LogP contribution < -0.4 is 0 Å². The molecule has 1 aromatic heterocycles. The van der Waals surface area contributed by atoms with Gasteiger partial charge in [0, 0.05) is 27.8 Å². The Kier molecular flexibility index (Phi) is 5.00. The molecule has 0 spiro atoms. The topological polar surface area (TPSA) is 58.6 Å². The molecule has 5 aromatic rings. The summed E-state index contributed by atoms with van der Waals surface area (Å²) in [6.45, 7) is 1.96. The highest BCUT2D eigenvalue weighted by Crippen LogP contribution is 2.34. The quantitative estimate of drug-likeness (QED) is 0.262. The van der Waals surface area contributed by atoms with E-state index in [2.05, 4.69) is 25.9 Å². The average molecular weight is 492 g/mol. The molecule has 1 N–H and O–H groups in total. The molecule has 0 atom stereocenters. The number of phenols is 1. The van der Waals surface area contributed by atoms with Crippen LogP contribution in [0.15, 0.2) is 80.6 Å². The van der Waals surface area contributed by atoms with Crippen molar-refractivity contribution >= 4 is 61.3 Å². The van der Waals surface area contributed by atoms with Crippen molar-refractivity contribution in [3.8, 4) is 17.2 Å². The van der Waals surface area contributed by atoms with E-state index in [9.17, 15) is 5.11 Å². The van der Waals surface area contributed by atoms with Crippen molar-refractivity contribution in [3.05, 3.63) is 87.4 Å². The molecule has 0 aliphatic heterocycles. The Morgan fingerprint density at radius 1 is 1.03 bits per heavy atom. The number of aliphatic imine (C=N–C) groups is 1. The summed E-state index contributed by atoms with van der Waals surface area (Å²) < 4.78 is 6.66. The molecule has 5 rings (SSSR count). The fraction of sp³-hybridized carbons (Fsp3) is 0.0400. The summed E-state index contributed by atoms with van der Waals surface area (Å²) >= 11 is 9.70. The Morgan fingerprint density at radius 2 is 1.84 bits per heavy atom. The Balaban J connectivity index is 1.54. The van der Waals surface area contributed by atoms with Gasteiger partial charge in [-0.25, -0.2) is 4.98 Å². The van der Waals surface area contributed by atoms with Gasteiger partial charge in [-0.15, -0.1) is 0 Å². The van der Waals surface area contributed by atoms with Crippen LogP contribution in [0.5, 0.6) is 5.75 Å². The fourth-order valence-corrected chi connectivity index (χ4v) is 4.40. The van der Waals surface area contributed by atoms with Gasteiger partial charge in [0.1, 0.15) is 11.3 Å². The van der Waals surface area contributed by atoms with Gasteiger partial charge < -0.3 is 9.52 Å². The first-order valence-electron chi connectivity index (χ1n) is 9.61. The highest BCUT2D eigenvalue weighted by atomic mass is 79.9. The van der Waals surface area contributed by atoms with Crippen molar-refractivity contribution in [2.45, 2.75) is 6.92 Å². The van der Waals surface area contributed by atoms with Gasteiger partial charge in [-0.2, -0.15) is 0 Å². The normalized spacial score (nSPS) is 11.7. The number of fused-ring (bicyclic) bond motifs is 2. The lowest BCUT2D eigenvalue weighted by Crippen LogP contribution is -1.86. The van der Waals surface area contributed by atoms with Gasteiger partial charge in [-0.3, -0.25) is 4.99 Å². The number of oxazole rings is 1. The molecular weight excluding hydrogens is 476 g/mol. The summed E-state index contributed by atoms with van der Waals surface area (Å²) in [5, 5.41) is 12.9. The Hall–Kier alpha value is -3.15. The van der Waals surface area contributed by atoms with Crippen molar-refractivity contribution in [1.29, 1.82) is 0 Å². The largest absolute Gasteiger partial charge is 0.506 e. The number of hydrogen-bond acceptors (Lipinski definition) is 4. The number of nitrogens with zero attached hydrogens (tertiary/aromatic N) is 2. The number of aromatic hydroxyl groups is 1. The maximum atomic E-state index is 10.2.